The average molecular weight is 332 g/mol. The Kier molecular flexibility index (Phi) is 3.84. The Bertz CT molecular complexity index is 988. The zero-order valence-corrected chi connectivity index (χ0v) is 13.6. The van der Waals surface area contributed by atoms with E-state index in [-0.39, 0.29) is 44.9 Å². The zero-order valence-electron chi connectivity index (χ0n) is 13.6. The summed E-state index contributed by atoms with van der Waals surface area (Å²) >= 11 is 0. The zero-order chi connectivity index (χ0) is 17.4. The van der Waals surface area contributed by atoms with Crippen molar-refractivity contribution in [3.63, 3.8) is 0 Å². The SMILES string of the molecule is COc1cc(O)c2c(=O)c3c(OC)c(OC)ccc3oc2c1OC. The van der Waals surface area contributed by atoms with Gasteiger partial charge in [0.25, 0.3) is 0 Å². The first-order chi connectivity index (χ1) is 11.6. The summed E-state index contributed by atoms with van der Waals surface area (Å²) in [5.41, 5.74) is -0.0874. The third kappa shape index (κ3) is 2.09. The van der Waals surface area contributed by atoms with Crippen LogP contribution < -0.4 is 24.4 Å². The number of benzene rings is 2. The molecule has 0 atom stereocenters. The molecule has 7 nitrogen and oxygen atoms in total. The van der Waals surface area contributed by atoms with Crippen molar-refractivity contribution in [2.45, 2.75) is 0 Å². The lowest BCUT2D eigenvalue weighted by Gasteiger charge is -2.13. The van der Waals surface area contributed by atoms with E-state index in [0.29, 0.717) is 5.75 Å². The third-order valence-electron chi connectivity index (χ3n) is 3.78. The van der Waals surface area contributed by atoms with Crippen LogP contribution in [0.4, 0.5) is 0 Å². The molecule has 0 unspecified atom stereocenters. The Balaban J connectivity index is 2.58. The minimum atomic E-state index is -0.458. The molecule has 1 aromatic heterocycles. The molecule has 0 amide bonds. The first-order valence-corrected chi connectivity index (χ1v) is 7.02. The van der Waals surface area contributed by atoms with Crippen molar-refractivity contribution in [3.05, 3.63) is 28.4 Å². The van der Waals surface area contributed by atoms with Crippen LogP contribution in [0, 0.1) is 0 Å². The molecule has 1 N–H and O–H groups in total. The van der Waals surface area contributed by atoms with E-state index in [1.807, 2.05) is 0 Å². The fourth-order valence-electron chi connectivity index (χ4n) is 2.71. The number of phenolic OH excluding ortho intramolecular Hbond substituents is 1. The highest BCUT2D eigenvalue weighted by molar-refractivity contribution is 6.00. The highest BCUT2D eigenvalue weighted by Gasteiger charge is 2.23. The van der Waals surface area contributed by atoms with Crippen molar-refractivity contribution in [1.82, 2.24) is 0 Å². The molecule has 0 radical (unpaired) electrons. The van der Waals surface area contributed by atoms with E-state index >= 15 is 0 Å². The van der Waals surface area contributed by atoms with E-state index in [4.69, 9.17) is 23.4 Å². The number of methoxy groups -OCH3 is 4. The summed E-state index contributed by atoms with van der Waals surface area (Å²) in [7, 11) is 5.75. The number of aromatic hydroxyl groups is 1. The Labute approximate surface area is 136 Å². The lowest BCUT2D eigenvalue weighted by molar-refractivity contribution is 0.350. The van der Waals surface area contributed by atoms with Crippen molar-refractivity contribution < 1.29 is 28.5 Å². The molecule has 0 saturated carbocycles. The van der Waals surface area contributed by atoms with Crippen LogP contribution in [0.3, 0.4) is 0 Å². The first kappa shape index (κ1) is 15.8. The molecule has 126 valence electrons. The summed E-state index contributed by atoms with van der Waals surface area (Å²) in [5.74, 6) is 0.823. The number of phenols is 1. The first-order valence-electron chi connectivity index (χ1n) is 7.02. The minimum Gasteiger partial charge on any atom is -0.507 e. The van der Waals surface area contributed by atoms with E-state index < -0.39 is 5.43 Å². The van der Waals surface area contributed by atoms with Gasteiger partial charge in [0.05, 0.1) is 28.4 Å². The maximum absolute atomic E-state index is 13.0. The number of rotatable bonds is 4. The van der Waals surface area contributed by atoms with Crippen molar-refractivity contribution in [3.8, 4) is 28.7 Å². The summed E-state index contributed by atoms with van der Waals surface area (Å²) in [6, 6.07) is 4.52. The lowest BCUT2D eigenvalue weighted by atomic mass is 10.1. The quantitative estimate of drug-likeness (QED) is 0.735. The predicted molar refractivity (Wildman–Crippen MR) is 87.9 cm³/mol. The van der Waals surface area contributed by atoms with Crippen molar-refractivity contribution >= 4 is 21.9 Å². The Hall–Kier alpha value is -3.09. The van der Waals surface area contributed by atoms with E-state index in [0.717, 1.165) is 0 Å². The van der Waals surface area contributed by atoms with Crippen LogP contribution in [0.15, 0.2) is 27.4 Å². The molecule has 0 saturated heterocycles. The molecule has 0 spiro atoms. The van der Waals surface area contributed by atoms with Crippen LogP contribution in [0.2, 0.25) is 0 Å². The predicted octanol–water partition coefficient (Wildman–Crippen LogP) is 2.69. The van der Waals surface area contributed by atoms with E-state index in [9.17, 15) is 9.90 Å². The molecule has 0 bridgehead atoms. The number of hydrogen-bond donors (Lipinski definition) is 1. The van der Waals surface area contributed by atoms with Crippen LogP contribution in [0.25, 0.3) is 21.9 Å². The maximum atomic E-state index is 13.0. The topological polar surface area (TPSA) is 87.4 Å². The smallest absolute Gasteiger partial charge is 0.208 e. The minimum absolute atomic E-state index is 0.0216. The summed E-state index contributed by atoms with van der Waals surface area (Å²) in [6.45, 7) is 0. The van der Waals surface area contributed by atoms with Gasteiger partial charge in [-0.15, -0.1) is 0 Å². The number of ether oxygens (including phenoxy) is 4. The van der Waals surface area contributed by atoms with Crippen LogP contribution in [-0.2, 0) is 0 Å². The molecule has 3 rings (SSSR count). The molecule has 1 heterocycles. The normalized spacial score (nSPS) is 10.8. The van der Waals surface area contributed by atoms with Gasteiger partial charge in [-0.2, -0.15) is 0 Å². The fourth-order valence-corrected chi connectivity index (χ4v) is 2.71. The van der Waals surface area contributed by atoms with Crippen molar-refractivity contribution in [2.75, 3.05) is 28.4 Å². The molecule has 0 aliphatic heterocycles. The van der Waals surface area contributed by atoms with Gasteiger partial charge >= 0.3 is 0 Å². The molecular weight excluding hydrogens is 316 g/mol. The summed E-state index contributed by atoms with van der Waals surface area (Å²) < 4.78 is 26.8. The fraction of sp³-hybridized carbons (Fsp3) is 0.235. The Morgan fingerprint density at radius 3 is 2.12 bits per heavy atom. The molecule has 2 aromatic carbocycles. The van der Waals surface area contributed by atoms with Gasteiger partial charge in [0.1, 0.15) is 22.1 Å². The van der Waals surface area contributed by atoms with Gasteiger partial charge in [-0.25, -0.2) is 0 Å². The molecule has 0 fully saturated rings. The lowest BCUT2D eigenvalue weighted by Crippen LogP contribution is -2.06. The van der Waals surface area contributed by atoms with E-state index in [1.165, 1.54) is 34.5 Å². The van der Waals surface area contributed by atoms with Crippen LogP contribution in [-0.4, -0.2) is 33.5 Å². The Morgan fingerprint density at radius 1 is 0.875 bits per heavy atom. The largest absolute Gasteiger partial charge is 0.507 e. The van der Waals surface area contributed by atoms with Crippen LogP contribution >= 0.6 is 0 Å². The molecule has 24 heavy (non-hydrogen) atoms. The van der Waals surface area contributed by atoms with Gasteiger partial charge in [0, 0.05) is 6.07 Å². The second-order valence-corrected chi connectivity index (χ2v) is 4.94. The van der Waals surface area contributed by atoms with Gasteiger partial charge < -0.3 is 28.5 Å². The van der Waals surface area contributed by atoms with E-state index in [2.05, 4.69) is 0 Å². The second-order valence-electron chi connectivity index (χ2n) is 4.94. The number of fused-ring (bicyclic) bond motifs is 2. The van der Waals surface area contributed by atoms with Gasteiger partial charge in [-0.3, -0.25) is 4.79 Å². The Morgan fingerprint density at radius 2 is 1.54 bits per heavy atom. The molecular formula is C17H16O7. The monoisotopic (exact) mass is 332 g/mol. The van der Waals surface area contributed by atoms with Crippen molar-refractivity contribution in [2.24, 2.45) is 0 Å². The van der Waals surface area contributed by atoms with Crippen molar-refractivity contribution in [1.29, 1.82) is 0 Å². The second kappa shape index (κ2) is 5.84. The van der Waals surface area contributed by atoms with Gasteiger partial charge in [-0.1, -0.05) is 0 Å². The highest BCUT2D eigenvalue weighted by Crippen LogP contribution is 2.42. The van der Waals surface area contributed by atoms with Gasteiger partial charge in [0.2, 0.25) is 11.2 Å². The summed E-state index contributed by atoms with van der Waals surface area (Å²) in [4.78, 5) is 13.0. The summed E-state index contributed by atoms with van der Waals surface area (Å²) in [5, 5.41) is 10.4. The van der Waals surface area contributed by atoms with Crippen LogP contribution in [0.1, 0.15) is 0 Å². The molecule has 0 aliphatic carbocycles. The highest BCUT2D eigenvalue weighted by atomic mass is 16.5. The average Bonchev–Trinajstić information content (AvgIpc) is 2.60. The summed E-state index contributed by atoms with van der Waals surface area (Å²) in [6.07, 6.45) is 0. The number of hydrogen-bond acceptors (Lipinski definition) is 7. The molecule has 7 heteroatoms. The van der Waals surface area contributed by atoms with Gasteiger partial charge in [0.15, 0.2) is 22.8 Å². The third-order valence-corrected chi connectivity index (χ3v) is 3.78. The molecule has 0 aliphatic rings. The van der Waals surface area contributed by atoms with Crippen LogP contribution in [0.5, 0.6) is 28.7 Å². The van der Waals surface area contributed by atoms with E-state index in [1.54, 1.807) is 12.1 Å². The van der Waals surface area contributed by atoms with Gasteiger partial charge in [-0.05, 0) is 12.1 Å². The maximum Gasteiger partial charge on any atom is 0.208 e. The molecule has 3 aromatic rings. The standard InChI is InChI=1S/C17H16O7/c1-20-10-6-5-9-13(15(10)22-3)14(19)12-8(18)7-11(21-2)16(23-4)17(12)24-9/h5-7,18H,1-4H3.